The molecule has 0 unspecified atom stereocenters. The van der Waals surface area contributed by atoms with Gasteiger partial charge in [-0.05, 0) is 19.3 Å². The number of rotatable bonds is 4. The zero-order valence-corrected chi connectivity index (χ0v) is 9.15. The molecule has 0 fully saturated rings. The van der Waals surface area contributed by atoms with Gasteiger partial charge in [-0.2, -0.15) is 0 Å². The van der Waals surface area contributed by atoms with Crippen LogP contribution in [-0.2, 0) is 14.3 Å². The highest BCUT2D eigenvalue weighted by Gasteiger charge is 2.13. The molecule has 4 nitrogen and oxygen atoms in total. The maximum atomic E-state index is 11.1. The Morgan fingerprint density at radius 3 is 2.50 bits per heavy atom. The van der Waals surface area contributed by atoms with E-state index in [1.807, 2.05) is 6.08 Å². The smallest absolute Gasteiger partial charge is 0.333 e. The summed E-state index contributed by atoms with van der Waals surface area (Å²) >= 11 is 0. The molecule has 0 aliphatic heterocycles. The summed E-state index contributed by atoms with van der Waals surface area (Å²) in [7, 11) is 0. The minimum Gasteiger partial charge on any atom is -0.478 e. The fraction of sp³-hybridized carbons (Fsp3) is 0.333. The van der Waals surface area contributed by atoms with Crippen LogP contribution in [0.5, 0.6) is 0 Å². The molecule has 0 amide bonds. The van der Waals surface area contributed by atoms with Crippen LogP contribution in [0.3, 0.4) is 0 Å². The summed E-state index contributed by atoms with van der Waals surface area (Å²) in [6, 6.07) is 0. The van der Waals surface area contributed by atoms with E-state index >= 15 is 0 Å². The van der Waals surface area contributed by atoms with Crippen molar-refractivity contribution in [1.29, 1.82) is 0 Å². The van der Waals surface area contributed by atoms with Gasteiger partial charge in [0.15, 0.2) is 0 Å². The Bertz CT molecular complexity index is 302. The number of carboxylic acid groups (broad SMARTS) is 1. The highest BCUT2D eigenvalue weighted by molar-refractivity contribution is 5.88. The summed E-state index contributed by atoms with van der Waals surface area (Å²) in [5.41, 5.74) is 0.826. The topological polar surface area (TPSA) is 63.6 Å². The van der Waals surface area contributed by atoms with E-state index in [0.29, 0.717) is 6.61 Å². The van der Waals surface area contributed by atoms with E-state index in [-0.39, 0.29) is 5.97 Å². The first kappa shape index (κ1) is 14.2. The highest BCUT2D eigenvalue weighted by Crippen LogP contribution is 2.18. The van der Waals surface area contributed by atoms with Crippen LogP contribution in [0, 0.1) is 0 Å². The first-order valence-corrected chi connectivity index (χ1v) is 4.94. The summed E-state index contributed by atoms with van der Waals surface area (Å²) < 4.78 is 4.85. The van der Waals surface area contributed by atoms with Crippen molar-refractivity contribution in [3.8, 4) is 0 Å². The van der Waals surface area contributed by atoms with Crippen LogP contribution >= 0.6 is 0 Å². The third-order valence-corrected chi connectivity index (χ3v) is 1.81. The van der Waals surface area contributed by atoms with Crippen molar-refractivity contribution in [3.63, 3.8) is 0 Å². The average molecular weight is 224 g/mol. The quantitative estimate of drug-likeness (QED) is 0.451. The Balaban J connectivity index is 0.000000385. The van der Waals surface area contributed by atoms with E-state index in [2.05, 4.69) is 13.2 Å². The van der Waals surface area contributed by atoms with Gasteiger partial charge in [0.25, 0.3) is 0 Å². The molecule has 16 heavy (non-hydrogen) atoms. The molecule has 0 atom stereocenters. The van der Waals surface area contributed by atoms with Gasteiger partial charge in [-0.1, -0.05) is 25.3 Å². The number of hydrogen-bond acceptors (Lipinski definition) is 3. The van der Waals surface area contributed by atoms with Crippen LogP contribution < -0.4 is 0 Å². The molecule has 1 N–H and O–H groups in total. The van der Waals surface area contributed by atoms with Gasteiger partial charge in [0, 0.05) is 11.6 Å². The second-order valence-electron chi connectivity index (χ2n) is 3.05. The lowest BCUT2D eigenvalue weighted by Gasteiger charge is -2.00. The molecule has 4 heteroatoms. The molecular weight excluding hydrogens is 208 g/mol. The third-order valence-electron chi connectivity index (χ3n) is 1.81. The van der Waals surface area contributed by atoms with Crippen LogP contribution in [0.4, 0.5) is 0 Å². The third kappa shape index (κ3) is 6.59. The van der Waals surface area contributed by atoms with E-state index in [9.17, 15) is 9.59 Å². The van der Waals surface area contributed by atoms with Gasteiger partial charge < -0.3 is 9.84 Å². The average Bonchev–Trinajstić information content (AvgIpc) is 2.80. The zero-order chi connectivity index (χ0) is 12.4. The molecular formula is C12H16O4. The van der Waals surface area contributed by atoms with Gasteiger partial charge in [-0.3, -0.25) is 0 Å². The van der Waals surface area contributed by atoms with Crippen molar-refractivity contribution in [2.75, 3.05) is 6.61 Å². The molecule has 0 aromatic rings. The summed E-state index contributed by atoms with van der Waals surface area (Å²) in [5.74, 6) is -1.16. The first-order chi connectivity index (χ1) is 7.61. The minimum atomic E-state index is -0.981. The SMILES string of the molecule is C=CC(=O)O.C=CCOC(=O)C1=CCCC1. The molecule has 0 aromatic carbocycles. The second-order valence-corrected chi connectivity index (χ2v) is 3.05. The largest absolute Gasteiger partial charge is 0.478 e. The van der Waals surface area contributed by atoms with Crippen LogP contribution in [0.25, 0.3) is 0 Å². The number of carbonyl (C=O) groups excluding carboxylic acids is 1. The van der Waals surface area contributed by atoms with Crippen molar-refractivity contribution in [3.05, 3.63) is 37.0 Å². The van der Waals surface area contributed by atoms with Gasteiger partial charge in [0.2, 0.25) is 0 Å². The predicted octanol–water partition coefficient (Wildman–Crippen LogP) is 2.08. The maximum Gasteiger partial charge on any atom is 0.333 e. The molecule has 0 bridgehead atoms. The Morgan fingerprint density at radius 2 is 2.12 bits per heavy atom. The van der Waals surface area contributed by atoms with Crippen LogP contribution in [0.15, 0.2) is 37.0 Å². The van der Waals surface area contributed by atoms with Gasteiger partial charge >= 0.3 is 11.9 Å². The Kier molecular flexibility index (Phi) is 7.49. The summed E-state index contributed by atoms with van der Waals surface area (Å²) in [5, 5.41) is 7.60. The lowest BCUT2D eigenvalue weighted by atomic mass is 10.2. The van der Waals surface area contributed by atoms with Crippen molar-refractivity contribution < 1.29 is 19.4 Å². The van der Waals surface area contributed by atoms with Crippen LogP contribution in [-0.4, -0.2) is 23.7 Å². The molecule has 1 aliphatic carbocycles. The van der Waals surface area contributed by atoms with E-state index in [1.165, 1.54) is 0 Å². The second kappa shape index (κ2) is 8.47. The zero-order valence-electron chi connectivity index (χ0n) is 9.15. The molecule has 1 rings (SSSR count). The number of ether oxygens (including phenoxy) is 1. The van der Waals surface area contributed by atoms with E-state index < -0.39 is 5.97 Å². The van der Waals surface area contributed by atoms with Crippen molar-refractivity contribution >= 4 is 11.9 Å². The van der Waals surface area contributed by atoms with E-state index in [4.69, 9.17) is 9.84 Å². The molecule has 0 saturated heterocycles. The van der Waals surface area contributed by atoms with Gasteiger partial charge in [0.05, 0.1) is 0 Å². The Morgan fingerprint density at radius 1 is 1.50 bits per heavy atom. The van der Waals surface area contributed by atoms with Crippen molar-refractivity contribution in [1.82, 2.24) is 0 Å². The van der Waals surface area contributed by atoms with Crippen LogP contribution in [0.2, 0.25) is 0 Å². The summed E-state index contributed by atoms with van der Waals surface area (Å²) in [6.07, 6.45) is 7.33. The monoisotopic (exact) mass is 224 g/mol. The van der Waals surface area contributed by atoms with Crippen LogP contribution in [0.1, 0.15) is 19.3 Å². The molecule has 0 heterocycles. The lowest BCUT2D eigenvalue weighted by molar-refractivity contribution is -0.138. The van der Waals surface area contributed by atoms with Gasteiger partial charge in [-0.15, -0.1) is 0 Å². The number of allylic oxidation sites excluding steroid dienone is 1. The minimum absolute atomic E-state index is 0.178. The molecule has 0 spiro atoms. The highest BCUT2D eigenvalue weighted by atomic mass is 16.5. The molecule has 0 saturated carbocycles. The summed E-state index contributed by atoms with van der Waals surface area (Å²) in [6.45, 7) is 6.74. The molecule has 88 valence electrons. The maximum absolute atomic E-state index is 11.1. The Hall–Kier alpha value is -1.84. The van der Waals surface area contributed by atoms with Gasteiger partial charge in [0.1, 0.15) is 6.61 Å². The van der Waals surface area contributed by atoms with E-state index in [0.717, 1.165) is 30.9 Å². The normalized spacial score (nSPS) is 12.9. The number of carboxylic acids is 1. The lowest BCUT2D eigenvalue weighted by Crippen LogP contribution is -2.05. The molecule has 0 radical (unpaired) electrons. The van der Waals surface area contributed by atoms with Crippen molar-refractivity contribution in [2.24, 2.45) is 0 Å². The fourth-order valence-corrected chi connectivity index (χ4v) is 1.08. The number of aliphatic carboxylic acids is 1. The van der Waals surface area contributed by atoms with Gasteiger partial charge in [-0.25, -0.2) is 9.59 Å². The number of carbonyl (C=O) groups is 2. The molecule has 1 aliphatic rings. The first-order valence-electron chi connectivity index (χ1n) is 4.94. The fourth-order valence-electron chi connectivity index (χ4n) is 1.08. The Labute approximate surface area is 94.9 Å². The standard InChI is InChI=1S/C9H12O2.C3H4O2/c1-2-7-11-9(10)8-5-3-4-6-8;1-2-3(4)5/h2,5H,1,3-4,6-7H2;2H,1H2,(H,4,5). The number of hydrogen-bond donors (Lipinski definition) is 1. The molecule has 0 aromatic heterocycles. The number of esters is 1. The van der Waals surface area contributed by atoms with Crippen molar-refractivity contribution in [2.45, 2.75) is 19.3 Å². The summed E-state index contributed by atoms with van der Waals surface area (Å²) in [4.78, 5) is 20.3. The predicted molar refractivity (Wildman–Crippen MR) is 60.9 cm³/mol. The van der Waals surface area contributed by atoms with E-state index in [1.54, 1.807) is 6.08 Å².